The summed E-state index contributed by atoms with van der Waals surface area (Å²) in [6.07, 6.45) is -0.150. The molecular weight excluding hydrogens is 639 g/mol. The number of phenolic OH excluding ortho intramolecular Hbond substituents is 1. The van der Waals surface area contributed by atoms with Gasteiger partial charge in [0.25, 0.3) is 0 Å². The normalized spacial score (nSPS) is 10.8. The van der Waals surface area contributed by atoms with Crippen molar-refractivity contribution in [3.05, 3.63) is 47.0 Å². The second-order valence-electron chi connectivity index (χ2n) is 8.19. The summed E-state index contributed by atoms with van der Waals surface area (Å²) in [4.78, 5) is 48.3. The number of aromatic nitrogens is 1. The maximum absolute atomic E-state index is 12.3. The fraction of sp³-hybridized carbons (Fsp3) is 0.346. The first-order valence-corrected chi connectivity index (χ1v) is 16.8. The second-order valence-corrected chi connectivity index (χ2v) is 12.4. The Morgan fingerprint density at radius 2 is 1.62 bits per heavy atom. The second kappa shape index (κ2) is 15.9. The molecule has 0 saturated heterocycles. The summed E-state index contributed by atoms with van der Waals surface area (Å²) in [7, 11) is 0. The van der Waals surface area contributed by atoms with E-state index in [-0.39, 0.29) is 47.7 Å². The summed E-state index contributed by atoms with van der Waals surface area (Å²) >= 11 is -3.77. The Morgan fingerprint density at radius 1 is 1.00 bits per heavy atom. The van der Waals surface area contributed by atoms with Crippen molar-refractivity contribution in [2.75, 3.05) is 25.1 Å². The zero-order chi connectivity index (χ0) is 31.4. The number of para-hydroxylation sites is 1. The molecule has 1 amide bonds. The number of ether oxygens (including phenoxy) is 3. The van der Waals surface area contributed by atoms with Gasteiger partial charge in [0.1, 0.15) is 0 Å². The minimum absolute atomic E-state index is 0.0705. The molecule has 2 heterocycles. The SMILES string of the molecule is CC(=O)Nc1c(O)cccc1[As](=O)(O)O.CCOC(=O)c1noc(-c2cccs2)c1CC(C(=O)OCC)C(=O)OCC. The van der Waals surface area contributed by atoms with Gasteiger partial charge in [-0.05, 0) is 32.2 Å². The molecular formula is C26H31AsN2O12S. The number of carbonyl (C=O) groups is 4. The third-order valence-corrected chi connectivity index (χ3v) is 8.16. The molecule has 14 nitrogen and oxygen atoms in total. The van der Waals surface area contributed by atoms with Crippen LogP contribution in [-0.4, -0.2) is 76.3 Å². The molecule has 0 aliphatic heterocycles. The van der Waals surface area contributed by atoms with E-state index in [0.29, 0.717) is 16.2 Å². The number of nitrogens with zero attached hydrogens (tertiary/aromatic N) is 1. The molecule has 0 saturated carbocycles. The molecule has 0 aliphatic rings. The van der Waals surface area contributed by atoms with Crippen LogP contribution in [0.3, 0.4) is 0 Å². The molecule has 2 aromatic heterocycles. The first kappa shape index (κ1) is 34.3. The van der Waals surface area contributed by atoms with E-state index in [9.17, 15) is 28.0 Å². The van der Waals surface area contributed by atoms with Crippen LogP contribution < -0.4 is 9.67 Å². The minimum Gasteiger partial charge on any atom is -0.465 e. The Labute approximate surface area is 247 Å². The zero-order valence-electron chi connectivity index (χ0n) is 23.2. The number of phenols is 1. The molecule has 0 fully saturated rings. The van der Waals surface area contributed by atoms with Gasteiger partial charge in [-0.1, -0.05) is 11.2 Å². The first-order chi connectivity index (χ1) is 19.8. The molecule has 3 aromatic rings. The summed E-state index contributed by atoms with van der Waals surface area (Å²) in [5.74, 6) is -3.96. The Morgan fingerprint density at radius 3 is 2.12 bits per heavy atom. The number of benzene rings is 1. The smallest absolute Gasteiger partial charge is 0.360 e. The molecule has 0 unspecified atom stereocenters. The van der Waals surface area contributed by atoms with E-state index >= 15 is 0 Å². The van der Waals surface area contributed by atoms with Crippen molar-refractivity contribution >= 4 is 59.4 Å². The van der Waals surface area contributed by atoms with E-state index in [1.54, 1.807) is 26.8 Å². The number of hydrogen-bond acceptors (Lipinski definition) is 12. The fourth-order valence-corrected chi connectivity index (χ4v) is 5.77. The van der Waals surface area contributed by atoms with Crippen molar-refractivity contribution < 1.29 is 54.9 Å². The number of amides is 1. The number of carbonyl (C=O) groups excluding carboxylic acids is 4. The van der Waals surface area contributed by atoms with Gasteiger partial charge in [0.15, 0.2) is 17.4 Å². The van der Waals surface area contributed by atoms with Crippen molar-refractivity contribution in [2.24, 2.45) is 5.92 Å². The largest absolute Gasteiger partial charge is 0.465 e. The summed E-state index contributed by atoms with van der Waals surface area (Å²) in [6, 6.07) is 7.31. The number of aromatic hydroxyl groups is 1. The molecule has 0 bridgehead atoms. The van der Waals surface area contributed by atoms with Gasteiger partial charge >= 0.3 is 106 Å². The van der Waals surface area contributed by atoms with Crippen LogP contribution in [0.2, 0.25) is 0 Å². The van der Waals surface area contributed by atoms with Crippen LogP contribution in [0.1, 0.15) is 43.7 Å². The number of hydrogen-bond donors (Lipinski definition) is 4. The zero-order valence-corrected chi connectivity index (χ0v) is 25.9. The van der Waals surface area contributed by atoms with Gasteiger partial charge in [0.2, 0.25) is 0 Å². The van der Waals surface area contributed by atoms with Crippen LogP contribution in [0.25, 0.3) is 10.6 Å². The van der Waals surface area contributed by atoms with Crippen molar-refractivity contribution in [2.45, 2.75) is 34.1 Å². The van der Waals surface area contributed by atoms with Gasteiger partial charge < -0.3 is 18.7 Å². The molecule has 3 rings (SSSR count). The van der Waals surface area contributed by atoms with Crippen LogP contribution in [0.5, 0.6) is 5.75 Å². The minimum atomic E-state index is -5.14. The van der Waals surface area contributed by atoms with Crippen LogP contribution >= 0.6 is 11.3 Å². The average molecular weight is 671 g/mol. The number of thiophene rings is 1. The molecule has 1 aromatic carbocycles. The monoisotopic (exact) mass is 670 g/mol. The summed E-state index contributed by atoms with van der Waals surface area (Å²) in [5, 5.41) is 17.2. The predicted molar refractivity (Wildman–Crippen MR) is 149 cm³/mol. The van der Waals surface area contributed by atoms with Crippen molar-refractivity contribution in [1.82, 2.24) is 5.16 Å². The van der Waals surface area contributed by atoms with Gasteiger partial charge in [-0.2, -0.15) is 0 Å². The topological polar surface area (TPSA) is 212 Å². The molecule has 0 aliphatic carbocycles. The Balaban J connectivity index is 0.000000347. The summed E-state index contributed by atoms with van der Waals surface area (Å²) in [5.41, 5.74) is 0.0124. The summed E-state index contributed by atoms with van der Waals surface area (Å²) in [6.45, 7) is 6.50. The van der Waals surface area contributed by atoms with E-state index in [0.717, 1.165) is 0 Å². The molecule has 228 valence electrons. The van der Waals surface area contributed by atoms with Crippen LogP contribution in [0.4, 0.5) is 5.69 Å². The molecule has 42 heavy (non-hydrogen) atoms. The molecule has 4 N–H and O–H groups in total. The number of anilines is 1. The third-order valence-electron chi connectivity index (χ3n) is 5.19. The fourth-order valence-electron chi connectivity index (χ4n) is 3.49. The molecule has 16 heteroatoms. The van der Waals surface area contributed by atoms with Gasteiger partial charge in [0, 0.05) is 12.0 Å². The average Bonchev–Trinajstić information content (AvgIpc) is 3.58. The number of esters is 3. The van der Waals surface area contributed by atoms with E-state index in [1.165, 1.54) is 36.5 Å². The van der Waals surface area contributed by atoms with Crippen LogP contribution in [0, 0.1) is 5.92 Å². The van der Waals surface area contributed by atoms with Gasteiger partial charge in [-0.25, -0.2) is 4.79 Å². The van der Waals surface area contributed by atoms with Crippen LogP contribution in [-0.2, 0) is 38.8 Å². The van der Waals surface area contributed by atoms with Gasteiger partial charge in [0.05, 0.1) is 24.7 Å². The standard InChI is InChI=1S/C18H21NO7S.C8H10AsNO5/c1-4-23-16(20)12(17(21)24-5-2)10-11-14(18(22)25-6-3)19-26-15(11)13-8-7-9-27-13;1-5(11)10-8-6(9(13,14)15)3-2-4-7(8)12/h7-9,12H,4-6,10H2,1-3H3;2-4,12H,1H3,(H,10,11)(H2,13,14,15). The van der Waals surface area contributed by atoms with Gasteiger partial charge in [-0.3, -0.25) is 9.59 Å². The molecule has 0 spiro atoms. The Hall–Kier alpha value is -3.91. The third kappa shape index (κ3) is 9.31. The number of rotatable bonds is 11. The Bertz CT molecular complexity index is 1410. The van der Waals surface area contributed by atoms with Crippen LogP contribution in [0.15, 0.2) is 40.2 Å². The molecule has 0 radical (unpaired) electrons. The Kier molecular flexibility index (Phi) is 13.0. The predicted octanol–water partition coefficient (Wildman–Crippen LogP) is 1.78. The van der Waals surface area contributed by atoms with Crippen molar-refractivity contribution in [1.29, 1.82) is 0 Å². The number of nitrogens with one attached hydrogen (secondary N) is 1. The summed E-state index contributed by atoms with van der Waals surface area (Å²) < 4.78 is 49.1. The first-order valence-electron chi connectivity index (χ1n) is 12.5. The van der Waals surface area contributed by atoms with Crippen molar-refractivity contribution in [3.8, 4) is 16.4 Å². The van der Waals surface area contributed by atoms with E-state index in [4.69, 9.17) is 26.9 Å². The quantitative estimate of drug-likeness (QED) is 0.0754. The maximum atomic E-state index is 12.3. The van der Waals surface area contributed by atoms with E-state index in [1.807, 2.05) is 11.4 Å². The molecule has 0 atom stereocenters. The van der Waals surface area contributed by atoms with E-state index < -0.39 is 43.9 Å². The van der Waals surface area contributed by atoms with Gasteiger partial charge in [-0.15, -0.1) is 11.3 Å². The van der Waals surface area contributed by atoms with E-state index in [2.05, 4.69) is 10.5 Å². The maximum Gasteiger partial charge on any atom is 0.360 e. The van der Waals surface area contributed by atoms with Crippen molar-refractivity contribution in [3.63, 3.8) is 0 Å².